The van der Waals surface area contributed by atoms with Crippen molar-refractivity contribution in [1.29, 1.82) is 0 Å². The fourth-order valence-corrected chi connectivity index (χ4v) is 3.23. The largest absolute Gasteiger partial charge is 0.350 e. The van der Waals surface area contributed by atoms with Gasteiger partial charge in [-0.15, -0.1) is 0 Å². The molecule has 0 heterocycles. The van der Waals surface area contributed by atoms with E-state index in [0.29, 0.717) is 10.0 Å². The summed E-state index contributed by atoms with van der Waals surface area (Å²) >= 11 is 12.3. The number of hydrogen-bond donors (Lipinski definition) is 1. The van der Waals surface area contributed by atoms with E-state index in [1.165, 1.54) is 0 Å². The molecule has 150 valence electrons. The normalized spacial score (nSPS) is 12.4. The quantitative estimate of drug-likeness (QED) is 0.724. The predicted octanol–water partition coefficient (Wildman–Crippen LogP) is 4.87. The van der Waals surface area contributed by atoms with E-state index in [1.54, 1.807) is 30.0 Å². The van der Waals surface area contributed by atoms with Gasteiger partial charge < -0.3 is 10.2 Å². The van der Waals surface area contributed by atoms with Crippen molar-refractivity contribution in [3.8, 4) is 0 Å². The highest BCUT2D eigenvalue weighted by atomic mass is 35.5. The van der Waals surface area contributed by atoms with Crippen molar-refractivity contribution in [3.63, 3.8) is 0 Å². The Morgan fingerprint density at radius 1 is 1.07 bits per heavy atom. The Labute approximate surface area is 176 Å². The van der Waals surface area contributed by atoms with Gasteiger partial charge in [-0.25, -0.2) is 0 Å². The summed E-state index contributed by atoms with van der Waals surface area (Å²) in [4.78, 5) is 27.4. The van der Waals surface area contributed by atoms with E-state index in [2.05, 4.69) is 5.32 Å². The first-order chi connectivity index (χ1) is 13.1. The molecule has 0 aliphatic carbocycles. The number of carbonyl (C=O) groups excluding carboxylic acids is 2. The Bertz CT molecular complexity index is 832. The lowest BCUT2D eigenvalue weighted by atomic mass is 10.1. The Morgan fingerprint density at radius 3 is 2.29 bits per heavy atom. The zero-order valence-corrected chi connectivity index (χ0v) is 18.1. The Balaban J connectivity index is 2.28. The van der Waals surface area contributed by atoms with Gasteiger partial charge in [0.2, 0.25) is 11.8 Å². The summed E-state index contributed by atoms with van der Waals surface area (Å²) in [7, 11) is 0. The lowest BCUT2D eigenvalue weighted by Crippen LogP contribution is -2.52. The summed E-state index contributed by atoms with van der Waals surface area (Å²) in [5.74, 6) is -0.354. The third kappa shape index (κ3) is 6.54. The number of hydrogen-bond acceptors (Lipinski definition) is 2. The van der Waals surface area contributed by atoms with Crippen LogP contribution >= 0.6 is 23.2 Å². The van der Waals surface area contributed by atoms with Crippen molar-refractivity contribution in [1.82, 2.24) is 10.2 Å². The molecule has 6 heteroatoms. The van der Waals surface area contributed by atoms with Gasteiger partial charge in [0.05, 0.1) is 6.42 Å². The summed E-state index contributed by atoms with van der Waals surface area (Å²) in [6.45, 7) is 7.67. The van der Waals surface area contributed by atoms with E-state index in [0.717, 1.165) is 11.1 Å². The smallest absolute Gasteiger partial charge is 0.242 e. The van der Waals surface area contributed by atoms with Gasteiger partial charge in [0.1, 0.15) is 6.04 Å². The Morgan fingerprint density at radius 2 is 1.71 bits per heavy atom. The summed E-state index contributed by atoms with van der Waals surface area (Å²) in [6.07, 6.45) is 0.208. The van der Waals surface area contributed by atoms with Crippen LogP contribution in [0.1, 0.15) is 38.8 Å². The van der Waals surface area contributed by atoms with Crippen LogP contribution in [-0.4, -0.2) is 28.3 Å². The second-order valence-corrected chi connectivity index (χ2v) is 8.68. The first kappa shape index (κ1) is 22.3. The van der Waals surface area contributed by atoms with E-state index in [1.807, 2.05) is 51.1 Å². The lowest BCUT2D eigenvalue weighted by molar-refractivity contribution is -0.140. The average molecular weight is 421 g/mol. The molecule has 0 aliphatic heterocycles. The minimum atomic E-state index is -0.651. The molecule has 28 heavy (non-hydrogen) atoms. The standard InChI is InChI=1S/C22H26Cl2N2O2/c1-15(21(28)25-22(2,3)4)26(14-17-10-11-18(23)13-19(17)24)20(27)12-16-8-6-5-7-9-16/h5-11,13,15H,12,14H2,1-4H3,(H,25,28)/t15-/m1/s1. The van der Waals surface area contributed by atoms with Crippen LogP contribution in [-0.2, 0) is 22.6 Å². The van der Waals surface area contributed by atoms with Crippen molar-refractivity contribution >= 4 is 35.0 Å². The molecule has 0 spiro atoms. The van der Waals surface area contributed by atoms with E-state index < -0.39 is 11.6 Å². The molecule has 0 bridgehead atoms. The fourth-order valence-electron chi connectivity index (χ4n) is 2.76. The van der Waals surface area contributed by atoms with Crippen LogP contribution in [0.15, 0.2) is 48.5 Å². The number of amides is 2. The molecule has 1 atom stereocenters. The molecule has 2 rings (SSSR count). The van der Waals surface area contributed by atoms with Gasteiger partial charge in [0.15, 0.2) is 0 Å². The minimum absolute atomic E-state index is 0.145. The van der Waals surface area contributed by atoms with Crippen LogP contribution in [0.2, 0.25) is 10.0 Å². The van der Waals surface area contributed by atoms with E-state index in [9.17, 15) is 9.59 Å². The molecular formula is C22H26Cl2N2O2. The Hall–Kier alpha value is -2.04. The van der Waals surface area contributed by atoms with Crippen molar-refractivity contribution in [2.24, 2.45) is 0 Å². The number of carbonyl (C=O) groups is 2. The van der Waals surface area contributed by atoms with Gasteiger partial charge >= 0.3 is 0 Å². The topological polar surface area (TPSA) is 49.4 Å². The van der Waals surface area contributed by atoms with Gasteiger partial charge in [-0.1, -0.05) is 59.6 Å². The van der Waals surface area contributed by atoms with E-state index >= 15 is 0 Å². The van der Waals surface area contributed by atoms with Crippen molar-refractivity contribution in [2.45, 2.75) is 52.2 Å². The maximum absolute atomic E-state index is 13.1. The maximum atomic E-state index is 13.1. The Kier molecular flexibility index (Phi) is 7.50. The number of nitrogens with zero attached hydrogens (tertiary/aromatic N) is 1. The molecule has 0 fully saturated rings. The summed E-state index contributed by atoms with van der Waals surface area (Å²) in [6, 6.07) is 14.0. The average Bonchev–Trinajstić information content (AvgIpc) is 2.60. The molecule has 2 amide bonds. The van der Waals surface area contributed by atoms with E-state index in [-0.39, 0.29) is 24.8 Å². The molecule has 0 aromatic heterocycles. The van der Waals surface area contributed by atoms with Crippen molar-refractivity contribution < 1.29 is 9.59 Å². The SMILES string of the molecule is C[C@H](C(=O)NC(C)(C)C)N(Cc1ccc(Cl)cc1Cl)C(=O)Cc1ccccc1. The van der Waals surface area contributed by atoms with Crippen LogP contribution in [0.3, 0.4) is 0 Å². The highest BCUT2D eigenvalue weighted by molar-refractivity contribution is 6.35. The molecule has 1 N–H and O–H groups in total. The van der Waals surface area contributed by atoms with Gasteiger partial charge in [-0.3, -0.25) is 9.59 Å². The third-order valence-electron chi connectivity index (χ3n) is 4.22. The minimum Gasteiger partial charge on any atom is -0.350 e. The predicted molar refractivity (Wildman–Crippen MR) is 115 cm³/mol. The van der Waals surface area contributed by atoms with Gasteiger partial charge in [0.25, 0.3) is 0 Å². The van der Waals surface area contributed by atoms with Crippen LogP contribution in [0.5, 0.6) is 0 Å². The van der Waals surface area contributed by atoms with E-state index in [4.69, 9.17) is 23.2 Å². The number of nitrogens with one attached hydrogen (secondary N) is 1. The number of benzene rings is 2. The molecule has 0 saturated heterocycles. The van der Waals surface area contributed by atoms with Crippen LogP contribution in [0, 0.1) is 0 Å². The molecule has 0 saturated carbocycles. The second-order valence-electron chi connectivity index (χ2n) is 7.83. The molecule has 0 radical (unpaired) electrons. The van der Waals surface area contributed by atoms with Crippen LogP contribution in [0.25, 0.3) is 0 Å². The van der Waals surface area contributed by atoms with Crippen molar-refractivity contribution in [2.75, 3.05) is 0 Å². The summed E-state index contributed by atoms with van der Waals surface area (Å²) < 4.78 is 0. The van der Waals surface area contributed by atoms with Crippen LogP contribution in [0.4, 0.5) is 0 Å². The van der Waals surface area contributed by atoms with Gasteiger partial charge in [0, 0.05) is 22.1 Å². The zero-order chi connectivity index (χ0) is 20.9. The third-order valence-corrected chi connectivity index (χ3v) is 4.81. The lowest BCUT2D eigenvalue weighted by Gasteiger charge is -2.31. The fraction of sp³-hybridized carbons (Fsp3) is 0.364. The molecule has 4 nitrogen and oxygen atoms in total. The number of rotatable bonds is 6. The zero-order valence-electron chi connectivity index (χ0n) is 16.6. The monoisotopic (exact) mass is 420 g/mol. The summed E-state index contributed by atoms with van der Waals surface area (Å²) in [5.41, 5.74) is 1.24. The van der Waals surface area contributed by atoms with Gasteiger partial charge in [-0.2, -0.15) is 0 Å². The molecule has 0 aliphatic rings. The maximum Gasteiger partial charge on any atom is 0.242 e. The molecule has 2 aromatic rings. The van der Waals surface area contributed by atoms with Gasteiger partial charge in [-0.05, 0) is 51.0 Å². The second kappa shape index (κ2) is 9.44. The van der Waals surface area contributed by atoms with Crippen LogP contribution < -0.4 is 5.32 Å². The first-order valence-corrected chi connectivity index (χ1v) is 9.92. The molecular weight excluding hydrogens is 395 g/mol. The number of halogens is 2. The molecule has 0 unspecified atom stereocenters. The highest BCUT2D eigenvalue weighted by Gasteiger charge is 2.28. The summed E-state index contributed by atoms with van der Waals surface area (Å²) in [5, 5.41) is 3.93. The molecule has 2 aromatic carbocycles. The highest BCUT2D eigenvalue weighted by Crippen LogP contribution is 2.23. The first-order valence-electron chi connectivity index (χ1n) is 9.16. The van der Waals surface area contributed by atoms with Crippen molar-refractivity contribution in [3.05, 3.63) is 69.7 Å².